The summed E-state index contributed by atoms with van der Waals surface area (Å²) in [5.74, 6) is 0. The number of rotatable bonds is 5. The van der Waals surface area contributed by atoms with Crippen molar-refractivity contribution in [1.82, 2.24) is 9.47 Å². The molecule has 0 aromatic carbocycles. The minimum Gasteiger partial charge on any atom is -0.389 e. The van der Waals surface area contributed by atoms with Crippen molar-refractivity contribution in [1.29, 1.82) is 0 Å². The zero-order valence-corrected chi connectivity index (χ0v) is 11.1. The van der Waals surface area contributed by atoms with Crippen LogP contribution in [0.2, 0.25) is 0 Å². The first-order chi connectivity index (χ1) is 8.72. The Kier molecular flexibility index (Phi) is 4.77. The van der Waals surface area contributed by atoms with Crippen molar-refractivity contribution in [3.05, 3.63) is 24.0 Å². The Labute approximate surface area is 108 Å². The highest BCUT2D eigenvalue weighted by Gasteiger charge is 2.27. The molecule has 0 bridgehead atoms. The van der Waals surface area contributed by atoms with Gasteiger partial charge in [0.15, 0.2) is 0 Å². The van der Waals surface area contributed by atoms with E-state index in [1.807, 2.05) is 19.3 Å². The molecule has 0 aliphatic carbocycles. The van der Waals surface area contributed by atoms with E-state index in [0.29, 0.717) is 19.8 Å². The fourth-order valence-electron chi connectivity index (χ4n) is 2.47. The predicted octanol–water partition coefficient (Wildman–Crippen LogP) is 0.406. The molecule has 1 saturated heterocycles. The van der Waals surface area contributed by atoms with Gasteiger partial charge in [0.25, 0.3) is 0 Å². The van der Waals surface area contributed by atoms with Crippen LogP contribution in [0, 0.1) is 0 Å². The van der Waals surface area contributed by atoms with E-state index >= 15 is 0 Å². The maximum Gasteiger partial charge on any atom is 0.0900 e. The van der Waals surface area contributed by atoms with Crippen molar-refractivity contribution in [3.8, 4) is 0 Å². The van der Waals surface area contributed by atoms with Crippen molar-refractivity contribution in [2.24, 2.45) is 7.05 Å². The summed E-state index contributed by atoms with van der Waals surface area (Å²) in [5.41, 5.74) is 1.22. The first-order valence-electron chi connectivity index (χ1n) is 6.32. The Hall–Kier alpha value is -0.880. The fourth-order valence-corrected chi connectivity index (χ4v) is 2.47. The summed E-state index contributed by atoms with van der Waals surface area (Å²) < 4.78 is 12.7. The number of aliphatic hydroxyl groups excluding tert-OH is 1. The van der Waals surface area contributed by atoms with Gasteiger partial charge < -0.3 is 19.1 Å². The first-order valence-corrected chi connectivity index (χ1v) is 6.32. The Morgan fingerprint density at radius 2 is 2.44 bits per heavy atom. The van der Waals surface area contributed by atoms with E-state index in [4.69, 9.17) is 9.47 Å². The lowest BCUT2D eigenvalue weighted by Gasteiger charge is -2.36. The standard InChI is InChI=1S/C13H22N2O3/c1-14-5-3-4-12(14)13-10-18-7-6-15(13)8-11(16)9-17-2/h3-5,11,13,16H,6-10H2,1-2H3/t11-,13-/m0/s1. The molecule has 1 aliphatic heterocycles. The average molecular weight is 254 g/mol. The van der Waals surface area contributed by atoms with Gasteiger partial charge in [-0.25, -0.2) is 0 Å². The van der Waals surface area contributed by atoms with Gasteiger partial charge in [-0.3, -0.25) is 4.90 Å². The van der Waals surface area contributed by atoms with E-state index < -0.39 is 6.10 Å². The molecule has 5 heteroatoms. The molecular weight excluding hydrogens is 232 g/mol. The summed E-state index contributed by atoms with van der Waals surface area (Å²) in [4.78, 5) is 2.27. The molecule has 18 heavy (non-hydrogen) atoms. The lowest BCUT2D eigenvalue weighted by molar-refractivity contribution is -0.0410. The van der Waals surface area contributed by atoms with E-state index in [0.717, 1.165) is 13.2 Å². The zero-order chi connectivity index (χ0) is 13.0. The number of hydrogen-bond acceptors (Lipinski definition) is 4. The summed E-state index contributed by atoms with van der Waals surface area (Å²) in [6.45, 7) is 3.24. The van der Waals surface area contributed by atoms with Crippen LogP contribution in [0.1, 0.15) is 11.7 Å². The van der Waals surface area contributed by atoms with Crippen LogP contribution in [0.15, 0.2) is 18.3 Å². The van der Waals surface area contributed by atoms with Crippen LogP contribution in [0.5, 0.6) is 0 Å². The van der Waals surface area contributed by atoms with Crippen LogP contribution in [0.25, 0.3) is 0 Å². The Morgan fingerprint density at radius 3 is 3.11 bits per heavy atom. The number of ether oxygens (including phenoxy) is 2. The maximum absolute atomic E-state index is 9.87. The third-order valence-electron chi connectivity index (χ3n) is 3.37. The summed E-state index contributed by atoms with van der Waals surface area (Å²) in [6, 6.07) is 4.35. The van der Waals surface area contributed by atoms with Crippen molar-refractivity contribution in [3.63, 3.8) is 0 Å². The smallest absolute Gasteiger partial charge is 0.0900 e. The number of methoxy groups -OCH3 is 1. The normalized spacial score (nSPS) is 23.2. The lowest BCUT2D eigenvalue weighted by atomic mass is 10.1. The number of aryl methyl sites for hydroxylation is 1. The highest BCUT2D eigenvalue weighted by Crippen LogP contribution is 2.24. The van der Waals surface area contributed by atoms with Gasteiger partial charge in [0.05, 0.1) is 32.0 Å². The predicted molar refractivity (Wildman–Crippen MR) is 68.4 cm³/mol. The number of hydrogen-bond donors (Lipinski definition) is 1. The minimum absolute atomic E-state index is 0.213. The second-order valence-corrected chi connectivity index (χ2v) is 4.74. The third kappa shape index (κ3) is 3.11. The largest absolute Gasteiger partial charge is 0.389 e. The molecule has 1 aliphatic rings. The fraction of sp³-hybridized carbons (Fsp3) is 0.692. The molecule has 0 saturated carbocycles. The Balaban J connectivity index is 2.04. The number of morpholine rings is 1. The van der Waals surface area contributed by atoms with E-state index in [2.05, 4.69) is 15.5 Å². The topological polar surface area (TPSA) is 46.9 Å². The summed E-state index contributed by atoms with van der Waals surface area (Å²) in [6.07, 6.45) is 1.59. The van der Waals surface area contributed by atoms with Gasteiger partial charge in [0.1, 0.15) is 0 Å². The number of aliphatic hydroxyl groups is 1. The lowest BCUT2D eigenvalue weighted by Crippen LogP contribution is -2.44. The summed E-state index contributed by atoms with van der Waals surface area (Å²) in [5, 5.41) is 9.87. The van der Waals surface area contributed by atoms with Gasteiger partial charge in [0, 0.05) is 39.1 Å². The SMILES string of the molecule is COC[C@@H](O)CN1CCOC[C@H]1c1cccn1C. The van der Waals surface area contributed by atoms with Crippen molar-refractivity contribution in [2.45, 2.75) is 12.1 Å². The molecular formula is C13H22N2O3. The molecule has 0 unspecified atom stereocenters. The number of aromatic nitrogens is 1. The quantitative estimate of drug-likeness (QED) is 0.826. The number of nitrogens with zero attached hydrogens (tertiary/aromatic N) is 2. The highest BCUT2D eigenvalue weighted by molar-refractivity contribution is 5.12. The molecule has 2 atom stereocenters. The van der Waals surface area contributed by atoms with E-state index in [9.17, 15) is 5.11 Å². The second-order valence-electron chi connectivity index (χ2n) is 4.74. The monoisotopic (exact) mass is 254 g/mol. The molecule has 5 nitrogen and oxygen atoms in total. The zero-order valence-electron chi connectivity index (χ0n) is 11.1. The molecule has 102 valence electrons. The number of β-amino-alcohol motifs (C(OH)–C–C–N with tert-alkyl or cyclic N) is 1. The van der Waals surface area contributed by atoms with Gasteiger partial charge in [-0.2, -0.15) is 0 Å². The van der Waals surface area contributed by atoms with Crippen LogP contribution in [0.3, 0.4) is 0 Å². The van der Waals surface area contributed by atoms with Crippen LogP contribution < -0.4 is 0 Å². The first kappa shape index (κ1) is 13.5. The van der Waals surface area contributed by atoms with E-state index in [-0.39, 0.29) is 6.04 Å². The minimum atomic E-state index is -0.448. The molecule has 1 aromatic heterocycles. The van der Waals surface area contributed by atoms with Gasteiger partial charge in [0.2, 0.25) is 0 Å². The molecule has 0 amide bonds. The van der Waals surface area contributed by atoms with E-state index in [1.54, 1.807) is 7.11 Å². The molecule has 2 heterocycles. The highest BCUT2D eigenvalue weighted by atomic mass is 16.5. The summed E-state index contributed by atoms with van der Waals surface area (Å²) in [7, 11) is 3.64. The molecule has 0 spiro atoms. The third-order valence-corrected chi connectivity index (χ3v) is 3.37. The molecule has 0 radical (unpaired) electrons. The summed E-state index contributed by atoms with van der Waals surface area (Å²) >= 11 is 0. The van der Waals surface area contributed by atoms with Gasteiger partial charge in [-0.05, 0) is 12.1 Å². The average Bonchev–Trinajstić information content (AvgIpc) is 2.76. The van der Waals surface area contributed by atoms with Crippen LogP contribution in [0.4, 0.5) is 0 Å². The Bertz CT molecular complexity index is 367. The molecule has 2 rings (SSSR count). The van der Waals surface area contributed by atoms with E-state index in [1.165, 1.54) is 5.69 Å². The van der Waals surface area contributed by atoms with Gasteiger partial charge in [-0.15, -0.1) is 0 Å². The molecule has 1 N–H and O–H groups in total. The van der Waals surface area contributed by atoms with Crippen molar-refractivity contribution in [2.75, 3.05) is 40.0 Å². The second kappa shape index (κ2) is 6.33. The van der Waals surface area contributed by atoms with Crippen molar-refractivity contribution < 1.29 is 14.6 Å². The van der Waals surface area contributed by atoms with Gasteiger partial charge >= 0.3 is 0 Å². The van der Waals surface area contributed by atoms with Gasteiger partial charge in [-0.1, -0.05) is 0 Å². The molecule has 1 aromatic rings. The van der Waals surface area contributed by atoms with Crippen LogP contribution >= 0.6 is 0 Å². The maximum atomic E-state index is 9.87. The van der Waals surface area contributed by atoms with Crippen LogP contribution in [-0.2, 0) is 16.5 Å². The van der Waals surface area contributed by atoms with Crippen LogP contribution in [-0.4, -0.2) is 60.7 Å². The van der Waals surface area contributed by atoms with Crippen molar-refractivity contribution >= 4 is 0 Å². The molecule has 1 fully saturated rings. The Morgan fingerprint density at radius 1 is 1.61 bits per heavy atom.